The molecule has 0 bridgehead atoms. The Labute approximate surface area is 193 Å². The maximum absolute atomic E-state index is 6.25. The minimum atomic E-state index is 0.345. The first-order chi connectivity index (χ1) is 14.0. The molecule has 2 aromatic carbocycles. The van der Waals surface area contributed by atoms with Crippen LogP contribution < -0.4 is 14.8 Å². The molecular weight excluding hydrogens is 473 g/mol. The molecular formula is C23H30BrCl2NO2. The first-order valence-electron chi connectivity index (χ1n) is 10.3. The highest BCUT2D eigenvalue weighted by Crippen LogP contribution is 2.35. The second kappa shape index (κ2) is 13.4. The molecule has 0 aliphatic heterocycles. The van der Waals surface area contributed by atoms with Crippen molar-refractivity contribution in [1.29, 1.82) is 0 Å². The number of unbranched alkanes of at least 4 members (excludes halogenated alkanes) is 4. The van der Waals surface area contributed by atoms with Gasteiger partial charge in [0.2, 0.25) is 0 Å². The summed E-state index contributed by atoms with van der Waals surface area (Å²) in [6.45, 7) is 6.94. The van der Waals surface area contributed by atoms with E-state index in [1.54, 1.807) is 6.07 Å². The second-order valence-corrected chi connectivity index (χ2v) is 8.64. The summed E-state index contributed by atoms with van der Waals surface area (Å²) in [6.07, 6.45) is 6.41. The van der Waals surface area contributed by atoms with E-state index in [1.807, 2.05) is 31.2 Å². The van der Waals surface area contributed by atoms with Gasteiger partial charge in [-0.05, 0) is 49.7 Å². The summed E-state index contributed by atoms with van der Waals surface area (Å²) in [5, 5.41) is 4.72. The van der Waals surface area contributed by atoms with Gasteiger partial charge in [-0.1, -0.05) is 77.8 Å². The van der Waals surface area contributed by atoms with Crippen LogP contribution in [0.5, 0.6) is 11.5 Å². The van der Waals surface area contributed by atoms with Gasteiger partial charge in [0.15, 0.2) is 11.5 Å². The molecule has 0 aromatic heterocycles. The lowest BCUT2D eigenvalue weighted by molar-refractivity contribution is 0.269. The molecule has 0 heterocycles. The van der Waals surface area contributed by atoms with Crippen LogP contribution in [0.1, 0.15) is 57.1 Å². The lowest BCUT2D eigenvalue weighted by Crippen LogP contribution is -2.15. The van der Waals surface area contributed by atoms with Crippen LogP contribution in [0, 0.1) is 0 Å². The van der Waals surface area contributed by atoms with E-state index in [0.717, 1.165) is 34.4 Å². The highest BCUT2D eigenvalue weighted by Gasteiger charge is 2.12. The molecule has 0 spiro atoms. The Kier molecular flexibility index (Phi) is 11.2. The van der Waals surface area contributed by atoms with Crippen molar-refractivity contribution in [3.63, 3.8) is 0 Å². The zero-order valence-corrected chi connectivity index (χ0v) is 20.3. The molecule has 6 heteroatoms. The number of benzene rings is 2. The highest BCUT2D eigenvalue weighted by atomic mass is 79.9. The zero-order chi connectivity index (χ0) is 21.1. The molecule has 29 heavy (non-hydrogen) atoms. The van der Waals surface area contributed by atoms with E-state index in [1.165, 1.54) is 32.1 Å². The Bertz CT molecular complexity index is 771. The summed E-state index contributed by atoms with van der Waals surface area (Å²) in [5.74, 6) is 1.42. The number of rotatable bonds is 13. The molecule has 0 fully saturated rings. The summed E-state index contributed by atoms with van der Waals surface area (Å²) < 4.78 is 12.8. The maximum atomic E-state index is 6.25. The second-order valence-electron chi connectivity index (χ2n) is 6.94. The lowest BCUT2D eigenvalue weighted by atomic mass is 10.1. The fourth-order valence-electron chi connectivity index (χ4n) is 2.96. The van der Waals surface area contributed by atoms with E-state index in [4.69, 9.17) is 32.7 Å². The average Bonchev–Trinajstić information content (AvgIpc) is 2.69. The molecule has 2 rings (SSSR count). The molecule has 0 unspecified atom stereocenters. The fraction of sp³-hybridized carbons (Fsp3) is 0.478. The van der Waals surface area contributed by atoms with Crippen LogP contribution in [-0.4, -0.2) is 13.2 Å². The van der Waals surface area contributed by atoms with Gasteiger partial charge >= 0.3 is 0 Å². The van der Waals surface area contributed by atoms with Crippen LogP contribution in [0.4, 0.5) is 0 Å². The van der Waals surface area contributed by atoms with Crippen molar-refractivity contribution in [2.45, 2.75) is 59.1 Å². The summed E-state index contributed by atoms with van der Waals surface area (Å²) in [5.41, 5.74) is 2.03. The van der Waals surface area contributed by atoms with Crippen molar-refractivity contribution in [3.05, 3.63) is 56.0 Å². The molecule has 0 aliphatic carbocycles. The van der Waals surface area contributed by atoms with Crippen LogP contribution >= 0.6 is 39.1 Å². The van der Waals surface area contributed by atoms with Crippen molar-refractivity contribution in [2.75, 3.05) is 13.2 Å². The van der Waals surface area contributed by atoms with Gasteiger partial charge in [0.1, 0.15) is 6.61 Å². The van der Waals surface area contributed by atoms with E-state index >= 15 is 0 Å². The maximum Gasteiger partial charge on any atom is 0.162 e. The normalized spacial score (nSPS) is 10.9. The summed E-state index contributed by atoms with van der Waals surface area (Å²) in [6, 6.07) is 9.41. The monoisotopic (exact) mass is 501 g/mol. The van der Waals surface area contributed by atoms with Crippen molar-refractivity contribution in [1.82, 2.24) is 5.32 Å². The third-order valence-corrected chi connectivity index (χ3v) is 5.91. The minimum absolute atomic E-state index is 0.345. The number of nitrogens with one attached hydrogen (secondary N) is 1. The van der Waals surface area contributed by atoms with Gasteiger partial charge in [-0.25, -0.2) is 0 Å². The van der Waals surface area contributed by atoms with E-state index in [0.29, 0.717) is 29.0 Å². The number of hydrogen-bond acceptors (Lipinski definition) is 3. The van der Waals surface area contributed by atoms with Crippen molar-refractivity contribution < 1.29 is 9.47 Å². The van der Waals surface area contributed by atoms with Crippen LogP contribution in [-0.2, 0) is 13.2 Å². The Balaban J connectivity index is 1.97. The topological polar surface area (TPSA) is 30.5 Å². The predicted octanol–water partition coefficient (Wildman–Crippen LogP) is 7.79. The molecule has 160 valence electrons. The molecule has 0 saturated carbocycles. The third kappa shape index (κ3) is 8.37. The van der Waals surface area contributed by atoms with E-state index in [9.17, 15) is 0 Å². The minimum Gasteiger partial charge on any atom is -0.490 e. The predicted molar refractivity (Wildman–Crippen MR) is 127 cm³/mol. The first kappa shape index (κ1) is 24.3. The van der Waals surface area contributed by atoms with Gasteiger partial charge in [-0.2, -0.15) is 0 Å². The SMILES string of the molecule is CCCCCCCNCc1cc(OCC)c(OCc2ccc(Cl)cc2Cl)cc1Br. The largest absolute Gasteiger partial charge is 0.490 e. The molecule has 0 saturated heterocycles. The Morgan fingerprint density at radius 3 is 2.38 bits per heavy atom. The zero-order valence-electron chi connectivity index (χ0n) is 17.2. The highest BCUT2D eigenvalue weighted by molar-refractivity contribution is 9.10. The standard InChI is InChI=1S/C23H30BrCl2NO2/c1-3-5-6-7-8-11-27-15-18-12-22(28-4-2)23(14-20(18)24)29-16-17-9-10-19(25)13-21(17)26/h9-10,12-14,27H,3-8,11,15-16H2,1-2H3. The molecule has 1 N–H and O–H groups in total. The molecule has 3 nitrogen and oxygen atoms in total. The van der Waals surface area contributed by atoms with E-state index in [2.05, 4.69) is 28.2 Å². The molecule has 2 aromatic rings. The smallest absolute Gasteiger partial charge is 0.162 e. The van der Waals surface area contributed by atoms with E-state index in [-0.39, 0.29) is 0 Å². The first-order valence-corrected chi connectivity index (χ1v) is 11.8. The van der Waals surface area contributed by atoms with Gasteiger partial charge in [-0.15, -0.1) is 0 Å². The van der Waals surface area contributed by atoms with Gasteiger partial charge < -0.3 is 14.8 Å². The average molecular weight is 503 g/mol. The fourth-order valence-corrected chi connectivity index (χ4v) is 3.89. The van der Waals surface area contributed by atoms with Crippen LogP contribution in [0.15, 0.2) is 34.8 Å². The van der Waals surface area contributed by atoms with Crippen LogP contribution in [0.2, 0.25) is 10.0 Å². The Morgan fingerprint density at radius 1 is 0.897 bits per heavy atom. The summed E-state index contributed by atoms with van der Waals surface area (Å²) in [4.78, 5) is 0. The van der Waals surface area contributed by atoms with Crippen molar-refractivity contribution >= 4 is 39.1 Å². The molecule has 0 amide bonds. The third-order valence-electron chi connectivity index (χ3n) is 4.58. The number of hydrogen-bond donors (Lipinski definition) is 1. The van der Waals surface area contributed by atoms with Gasteiger partial charge in [0.25, 0.3) is 0 Å². The molecule has 0 aliphatic rings. The Morgan fingerprint density at radius 2 is 1.66 bits per heavy atom. The quantitative estimate of drug-likeness (QED) is 0.283. The van der Waals surface area contributed by atoms with E-state index < -0.39 is 0 Å². The van der Waals surface area contributed by atoms with Crippen molar-refractivity contribution in [3.8, 4) is 11.5 Å². The van der Waals surface area contributed by atoms with Crippen LogP contribution in [0.25, 0.3) is 0 Å². The van der Waals surface area contributed by atoms with Crippen LogP contribution in [0.3, 0.4) is 0 Å². The van der Waals surface area contributed by atoms with Gasteiger partial charge in [0, 0.05) is 26.6 Å². The molecule has 0 radical (unpaired) electrons. The lowest BCUT2D eigenvalue weighted by Gasteiger charge is -2.16. The van der Waals surface area contributed by atoms with Gasteiger partial charge in [-0.3, -0.25) is 0 Å². The number of halogens is 3. The van der Waals surface area contributed by atoms with Gasteiger partial charge in [0.05, 0.1) is 6.61 Å². The van der Waals surface area contributed by atoms with Crippen molar-refractivity contribution in [2.24, 2.45) is 0 Å². The Hall–Kier alpha value is -0.940. The summed E-state index contributed by atoms with van der Waals surface area (Å²) in [7, 11) is 0. The molecule has 0 atom stereocenters. The summed E-state index contributed by atoms with van der Waals surface area (Å²) >= 11 is 15.9. The number of ether oxygens (including phenoxy) is 2.